The fourth-order valence-electron chi connectivity index (χ4n) is 8.47. The van der Waals surface area contributed by atoms with E-state index in [1.807, 2.05) is 48.5 Å². The van der Waals surface area contributed by atoms with Crippen molar-refractivity contribution in [1.82, 2.24) is 19.5 Å². The highest BCUT2D eigenvalue weighted by molar-refractivity contribution is 9.10. The molecule has 0 unspecified atom stereocenters. The van der Waals surface area contributed by atoms with Crippen LogP contribution >= 0.6 is 15.9 Å². The second-order valence-corrected chi connectivity index (χ2v) is 15.4. The Hall–Kier alpha value is -6.37. The molecule has 0 fully saturated rings. The van der Waals surface area contributed by atoms with Crippen molar-refractivity contribution >= 4 is 59.7 Å². The highest BCUT2D eigenvalue weighted by Gasteiger charge is 2.36. The standard InChI is InChI=1S/C48H31BrN4O/c1-48(2)37-17-10-9-16-32(37)33-26-35-34-24-30(31-21-23-42-36(25-31)44-39(49)18-11-19-43(44)54-42)20-22-40(34)53(41(35)27-38(33)48)47-51-45(28-12-5-3-6-13-28)50-46(52-47)29-14-7-4-8-15-29/h3-27H,1-2H3. The Kier molecular flexibility index (Phi) is 6.68. The molecule has 11 rings (SSSR count). The molecule has 5 nitrogen and oxygen atoms in total. The summed E-state index contributed by atoms with van der Waals surface area (Å²) in [7, 11) is 0. The molecule has 0 radical (unpaired) electrons. The summed E-state index contributed by atoms with van der Waals surface area (Å²) in [6, 6.07) is 53.2. The van der Waals surface area contributed by atoms with E-state index in [1.165, 1.54) is 22.3 Å². The first kappa shape index (κ1) is 31.2. The average Bonchev–Trinajstić information content (AvgIpc) is 3.83. The smallest absolute Gasteiger partial charge is 0.238 e. The summed E-state index contributed by atoms with van der Waals surface area (Å²) in [5, 5.41) is 4.45. The van der Waals surface area contributed by atoms with Gasteiger partial charge < -0.3 is 4.42 Å². The van der Waals surface area contributed by atoms with Crippen LogP contribution in [0.15, 0.2) is 161 Å². The van der Waals surface area contributed by atoms with Crippen LogP contribution in [-0.4, -0.2) is 19.5 Å². The topological polar surface area (TPSA) is 56.7 Å². The first-order valence-corrected chi connectivity index (χ1v) is 18.9. The van der Waals surface area contributed by atoms with Crippen molar-refractivity contribution in [3.63, 3.8) is 0 Å². The molecule has 6 heteroatoms. The van der Waals surface area contributed by atoms with E-state index in [0.717, 1.165) is 70.5 Å². The normalized spacial score (nSPS) is 13.2. The number of furan rings is 1. The molecule has 0 saturated carbocycles. The van der Waals surface area contributed by atoms with Crippen molar-refractivity contribution in [1.29, 1.82) is 0 Å². The first-order valence-electron chi connectivity index (χ1n) is 18.1. The van der Waals surface area contributed by atoms with E-state index in [9.17, 15) is 0 Å². The third-order valence-electron chi connectivity index (χ3n) is 11.1. The number of rotatable bonds is 4. The van der Waals surface area contributed by atoms with Crippen LogP contribution in [0.1, 0.15) is 25.0 Å². The monoisotopic (exact) mass is 758 g/mol. The Labute approximate surface area is 319 Å². The molecule has 1 aliphatic carbocycles. The molecule has 256 valence electrons. The predicted molar refractivity (Wildman–Crippen MR) is 223 cm³/mol. The molecular weight excluding hydrogens is 728 g/mol. The number of hydrogen-bond acceptors (Lipinski definition) is 4. The fourth-order valence-corrected chi connectivity index (χ4v) is 9.03. The maximum atomic E-state index is 6.22. The summed E-state index contributed by atoms with van der Waals surface area (Å²) >= 11 is 3.77. The zero-order valence-corrected chi connectivity index (χ0v) is 31.1. The summed E-state index contributed by atoms with van der Waals surface area (Å²) in [4.78, 5) is 15.4. The second-order valence-electron chi connectivity index (χ2n) is 14.6. The van der Waals surface area contributed by atoms with Gasteiger partial charge in [-0.1, -0.05) is 133 Å². The molecule has 54 heavy (non-hydrogen) atoms. The number of nitrogens with zero attached hydrogens (tertiary/aromatic N) is 4. The Morgan fingerprint density at radius 3 is 1.89 bits per heavy atom. The van der Waals surface area contributed by atoms with E-state index >= 15 is 0 Å². The number of halogens is 1. The van der Waals surface area contributed by atoms with Gasteiger partial charge in [0, 0.05) is 42.6 Å². The van der Waals surface area contributed by atoms with Gasteiger partial charge in [-0.3, -0.25) is 4.57 Å². The minimum Gasteiger partial charge on any atom is -0.456 e. The lowest BCUT2D eigenvalue weighted by atomic mass is 9.82. The maximum Gasteiger partial charge on any atom is 0.238 e. The highest BCUT2D eigenvalue weighted by Crippen LogP contribution is 2.51. The lowest BCUT2D eigenvalue weighted by Gasteiger charge is -2.21. The average molecular weight is 760 g/mol. The third-order valence-corrected chi connectivity index (χ3v) is 11.8. The highest BCUT2D eigenvalue weighted by atomic mass is 79.9. The van der Waals surface area contributed by atoms with Gasteiger partial charge in [-0.2, -0.15) is 9.97 Å². The van der Waals surface area contributed by atoms with Gasteiger partial charge in [-0.15, -0.1) is 0 Å². The Morgan fingerprint density at radius 2 is 1.15 bits per heavy atom. The van der Waals surface area contributed by atoms with Crippen LogP contribution in [0.4, 0.5) is 0 Å². The zero-order chi connectivity index (χ0) is 36.1. The fraction of sp³-hybridized carbons (Fsp3) is 0.0625. The number of aromatic nitrogens is 4. The van der Waals surface area contributed by atoms with E-state index in [2.05, 4.69) is 137 Å². The molecule has 0 bridgehead atoms. The van der Waals surface area contributed by atoms with Gasteiger partial charge in [0.1, 0.15) is 11.2 Å². The minimum absolute atomic E-state index is 0.173. The maximum absolute atomic E-state index is 6.22. The van der Waals surface area contributed by atoms with Gasteiger partial charge in [0.25, 0.3) is 0 Å². The SMILES string of the molecule is CC1(C)c2ccccc2-c2cc3c4cc(-c5ccc6oc7cccc(Br)c7c6c5)ccc4n(-c4nc(-c5ccccc5)nc(-c5ccccc5)n4)c3cc21. The van der Waals surface area contributed by atoms with E-state index in [1.54, 1.807) is 0 Å². The predicted octanol–water partition coefficient (Wildman–Crippen LogP) is 12.9. The molecule has 10 aromatic rings. The van der Waals surface area contributed by atoms with E-state index in [0.29, 0.717) is 17.6 Å². The lowest BCUT2D eigenvalue weighted by molar-refractivity contribution is 0.661. The van der Waals surface area contributed by atoms with Gasteiger partial charge in [-0.05, 0) is 81.9 Å². The summed E-state index contributed by atoms with van der Waals surface area (Å²) in [6.07, 6.45) is 0. The molecule has 3 aromatic heterocycles. The molecule has 0 amide bonds. The molecule has 7 aromatic carbocycles. The van der Waals surface area contributed by atoms with E-state index in [-0.39, 0.29) is 5.41 Å². The van der Waals surface area contributed by atoms with Crippen LogP contribution < -0.4 is 0 Å². The zero-order valence-electron chi connectivity index (χ0n) is 29.5. The Morgan fingerprint density at radius 1 is 0.500 bits per heavy atom. The van der Waals surface area contributed by atoms with E-state index in [4.69, 9.17) is 19.4 Å². The van der Waals surface area contributed by atoms with Gasteiger partial charge in [0.05, 0.1) is 11.0 Å². The number of fused-ring (bicyclic) bond motifs is 9. The van der Waals surface area contributed by atoms with Crippen molar-refractivity contribution < 1.29 is 4.42 Å². The van der Waals surface area contributed by atoms with Crippen molar-refractivity contribution in [2.45, 2.75) is 19.3 Å². The molecule has 3 heterocycles. The molecule has 0 saturated heterocycles. The first-order chi connectivity index (χ1) is 26.4. The van der Waals surface area contributed by atoms with Crippen molar-refractivity contribution in [2.24, 2.45) is 0 Å². The Bertz CT molecular complexity index is 3090. The molecule has 0 spiro atoms. The molecule has 0 N–H and O–H groups in total. The van der Waals surface area contributed by atoms with Gasteiger partial charge >= 0.3 is 0 Å². The largest absolute Gasteiger partial charge is 0.456 e. The van der Waals surface area contributed by atoms with Crippen LogP contribution in [0, 0.1) is 0 Å². The molecule has 0 aliphatic heterocycles. The van der Waals surface area contributed by atoms with Gasteiger partial charge in [-0.25, -0.2) is 4.98 Å². The third kappa shape index (κ3) is 4.60. The summed E-state index contributed by atoms with van der Waals surface area (Å²) in [6.45, 7) is 4.65. The summed E-state index contributed by atoms with van der Waals surface area (Å²) in [5.41, 5.74) is 13.0. The summed E-state index contributed by atoms with van der Waals surface area (Å²) in [5.74, 6) is 1.85. The van der Waals surface area contributed by atoms with Crippen molar-refractivity contribution in [3.8, 4) is 51.0 Å². The summed E-state index contributed by atoms with van der Waals surface area (Å²) < 4.78 is 9.48. The number of hydrogen-bond donors (Lipinski definition) is 0. The molecular formula is C48H31BrN4O. The van der Waals surface area contributed by atoms with Crippen LogP contribution in [0.2, 0.25) is 0 Å². The minimum atomic E-state index is -0.173. The second kappa shape index (κ2) is 11.6. The van der Waals surface area contributed by atoms with Crippen LogP contribution in [0.3, 0.4) is 0 Å². The van der Waals surface area contributed by atoms with Crippen LogP contribution in [0.5, 0.6) is 0 Å². The van der Waals surface area contributed by atoms with Gasteiger partial charge in [0.15, 0.2) is 11.6 Å². The van der Waals surface area contributed by atoms with Crippen molar-refractivity contribution in [3.05, 3.63) is 167 Å². The number of benzene rings is 7. The quantitative estimate of drug-likeness (QED) is 0.179. The lowest BCUT2D eigenvalue weighted by Crippen LogP contribution is -2.15. The molecule has 1 aliphatic rings. The van der Waals surface area contributed by atoms with Crippen LogP contribution in [0.25, 0.3) is 94.7 Å². The molecule has 0 atom stereocenters. The van der Waals surface area contributed by atoms with E-state index < -0.39 is 0 Å². The van der Waals surface area contributed by atoms with Crippen LogP contribution in [-0.2, 0) is 5.41 Å². The van der Waals surface area contributed by atoms with Crippen molar-refractivity contribution in [2.75, 3.05) is 0 Å². The Balaban J connectivity index is 1.21. The van der Waals surface area contributed by atoms with Gasteiger partial charge in [0.2, 0.25) is 5.95 Å².